The average molecular weight is 332 g/mol. The summed E-state index contributed by atoms with van der Waals surface area (Å²) in [5, 5.41) is 0. The molecule has 0 saturated carbocycles. The standard InChI is InChI=1S/C18H28N4O2/c1-5-21-15-8-6-7-9-16(15)22(18(21)24)12-17(23)20(4)11-10-14(19)13(2)3/h6-9,13-14H,5,10-12,19H2,1-4H3. The molecule has 1 atom stereocenters. The Hall–Kier alpha value is -2.08. The van der Waals surface area contributed by atoms with Crippen molar-refractivity contribution < 1.29 is 4.79 Å². The number of aromatic nitrogens is 2. The number of carbonyl (C=O) groups excluding carboxylic acids is 1. The van der Waals surface area contributed by atoms with Crippen molar-refractivity contribution in [1.82, 2.24) is 14.0 Å². The molecule has 0 aliphatic heterocycles. The molecule has 0 spiro atoms. The summed E-state index contributed by atoms with van der Waals surface area (Å²) in [6.07, 6.45) is 0.755. The maximum Gasteiger partial charge on any atom is 0.329 e. The second-order valence-corrected chi connectivity index (χ2v) is 6.61. The molecule has 2 aromatic rings. The van der Waals surface area contributed by atoms with Crippen LogP contribution < -0.4 is 11.4 Å². The SMILES string of the molecule is CCn1c(=O)n(CC(=O)N(C)CCC(N)C(C)C)c2ccccc21. The summed E-state index contributed by atoms with van der Waals surface area (Å²) in [7, 11) is 1.76. The average Bonchev–Trinajstić information content (AvgIpc) is 2.83. The van der Waals surface area contributed by atoms with Crippen molar-refractivity contribution in [3.05, 3.63) is 34.7 Å². The number of benzene rings is 1. The van der Waals surface area contributed by atoms with Crippen molar-refractivity contribution in [2.45, 2.75) is 46.3 Å². The van der Waals surface area contributed by atoms with Crippen molar-refractivity contribution >= 4 is 16.9 Å². The first-order chi connectivity index (χ1) is 11.4. The van der Waals surface area contributed by atoms with Gasteiger partial charge in [-0.3, -0.25) is 13.9 Å². The highest BCUT2D eigenvalue weighted by Gasteiger charge is 2.17. The lowest BCUT2D eigenvalue weighted by atomic mass is 10.0. The first-order valence-corrected chi connectivity index (χ1v) is 8.54. The third kappa shape index (κ3) is 3.70. The number of nitrogens with zero attached hydrogens (tertiary/aromatic N) is 3. The smallest absolute Gasteiger partial charge is 0.329 e. The summed E-state index contributed by atoms with van der Waals surface area (Å²) >= 11 is 0. The molecule has 2 rings (SSSR count). The molecule has 1 amide bonds. The second kappa shape index (κ2) is 7.66. The highest BCUT2D eigenvalue weighted by atomic mass is 16.2. The molecule has 0 bridgehead atoms. The zero-order chi connectivity index (χ0) is 17.9. The van der Waals surface area contributed by atoms with E-state index in [1.807, 2.05) is 31.2 Å². The fourth-order valence-corrected chi connectivity index (χ4v) is 2.79. The summed E-state index contributed by atoms with van der Waals surface area (Å²) < 4.78 is 3.25. The Bertz CT molecular complexity index is 760. The molecule has 1 unspecified atom stereocenters. The highest BCUT2D eigenvalue weighted by molar-refractivity contribution is 5.80. The fourth-order valence-electron chi connectivity index (χ4n) is 2.79. The molecule has 1 aromatic carbocycles. The van der Waals surface area contributed by atoms with Gasteiger partial charge >= 0.3 is 5.69 Å². The minimum Gasteiger partial charge on any atom is -0.344 e. The molecule has 1 aromatic heterocycles. The first-order valence-electron chi connectivity index (χ1n) is 8.54. The summed E-state index contributed by atoms with van der Waals surface area (Å²) in [5.74, 6) is 0.311. The number of para-hydroxylation sites is 2. The Morgan fingerprint density at radius 2 is 1.79 bits per heavy atom. The molecular formula is C18H28N4O2. The van der Waals surface area contributed by atoms with Gasteiger partial charge in [0.1, 0.15) is 6.54 Å². The van der Waals surface area contributed by atoms with E-state index in [1.54, 1.807) is 21.1 Å². The Morgan fingerprint density at radius 3 is 2.33 bits per heavy atom. The van der Waals surface area contributed by atoms with E-state index < -0.39 is 0 Å². The quantitative estimate of drug-likeness (QED) is 0.838. The van der Waals surface area contributed by atoms with Crippen molar-refractivity contribution in [3.63, 3.8) is 0 Å². The van der Waals surface area contributed by atoms with E-state index in [0.29, 0.717) is 19.0 Å². The van der Waals surface area contributed by atoms with Crippen LogP contribution >= 0.6 is 0 Å². The molecular weight excluding hydrogens is 304 g/mol. The Kier molecular flexibility index (Phi) is 5.83. The summed E-state index contributed by atoms with van der Waals surface area (Å²) in [4.78, 5) is 26.7. The van der Waals surface area contributed by atoms with E-state index in [1.165, 1.54) is 0 Å². The van der Waals surface area contributed by atoms with Crippen LogP contribution in [0, 0.1) is 5.92 Å². The maximum absolute atomic E-state index is 12.6. The molecule has 6 heteroatoms. The molecule has 0 aliphatic carbocycles. The van der Waals surface area contributed by atoms with Gasteiger partial charge in [0.15, 0.2) is 0 Å². The molecule has 6 nitrogen and oxygen atoms in total. The van der Waals surface area contributed by atoms with Gasteiger partial charge in [-0.25, -0.2) is 4.79 Å². The van der Waals surface area contributed by atoms with Crippen LogP contribution in [0.2, 0.25) is 0 Å². The van der Waals surface area contributed by atoms with Crippen LogP contribution in [-0.4, -0.2) is 39.6 Å². The lowest BCUT2D eigenvalue weighted by molar-refractivity contribution is -0.130. The van der Waals surface area contributed by atoms with Gasteiger partial charge in [-0.2, -0.15) is 0 Å². The van der Waals surface area contributed by atoms with Crippen molar-refractivity contribution in [3.8, 4) is 0 Å². The molecule has 132 valence electrons. The number of nitrogens with two attached hydrogens (primary N) is 1. The highest BCUT2D eigenvalue weighted by Crippen LogP contribution is 2.13. The van der Waals surface area contributed by atoms with E-state index >= 15 is 0 Å². The molecule has 24 heavy (non-hydrogen) atoms. The molecule has 1 heterocycles. The number of hydrogen-bond acceptors (Lipinski definition) is 3. The number of imidazole rings is 1. The van der Waals surface area contributed by atoms with Gasteiger partial charge in [-0.1, -0.05) is 26.0 Å². The fraction of sp³-hybridized carbons (Fsp3) is 0.556. The predicted molar refractivity (Wildman–Crippen MR) is 96.9 cm³/mol. The summed E-state index contributed by atoms with van der Waals surface area (Å²) in [6.45, 7) is 7.31. The van der Waals surface area contributed by atoms with Gasteiger partial charge in [0.05, 0.1) is 11.0 Å². The molecule has 0 radical (unpaired) electrons. The zero-order valence-corrected chi connectivity index (χ0v) is 15.0. The maximum atomic E-state index is 12.6. The lowest BCUT2D eigenvalue weighted by Crippen LogP contribution is -2.37. The van der Waals surface area contributed by atoms with Crippen molar-refractivity contribution in [2.24, 2.45) is 11.7 Å². The van der Waals surface area contributed by atoms with Crippen LogP contribution in [-0.2, 0) is 17.9 Å². The largest absolute Gasteiger partial charge is 0.344 e. The number of fused-ring (bicyclic) bond motifs is 1. The van der Waals surface area contributed by atoms with Crippen LogP contribution in [0.4, 0.5) is 0 Å². The van der Waals surface area contributed by atoms with Crippen LogP contribution in [0.1, 0.15) is 27.2 Å². The number of aryl methyl sites for hydroxylation is 1. The van der Waals surface area contributed by atoms with Crippen molar-refractivity contribution in [2.75, 3.05) is 13.6 Å². The third-order valence-corrected chi connectivity index (χ3v) is 4.61. The normalized spacial score (nSPS) is 12.8. The zero-order valence-electron chi connectivity index (χ0n) is 15.0. The Morgan fingerprint density at radius 1 is 1.21 bits per heavy atom. The van der Waals surface area contributed by atoms with Gasteiger partial charge in [-0.05, 0) is 31.4 Å². The van der Waals surface area contributed by atoms with Crippen LogP contribution in [0.25, 0.3) is 11.0 Å². The van der Waals surface area contributed by atoms with E-state index in [9.17, 15) is 9.59 Å². The lowest BCUT2D eigenvalue weighted by Gasteiger charge is -2.21. The summed E-state index contributed by atoms with van der Waals surface area (Å²) in [5.41, 5.74) is 7.56. The number of amides is 1. The van der Waals surface area contributed by atoms with E-state index in [0.717, 1.165) is 17.5 Å². The van der Waals surface area contributed by atoms with Crippen LogP contribution in [0.15, 0.2) is 29.1 Å². The van der Waals surface area contributed by atoms with E-state index in [2.05, 4.69) is 13.8 Å². The third-order valence-electron chi connectivity index (χ3n) is 4.61. The van der Waals surface area contributed by atoms with Gasteiger partial charge in [0.2, 0.25) is 5.91 Å². The minimum atomic E-state index is -0.140. The summed E-state index contributed by atoms with van der Waals surface area (Å²) in [6, 6.07) is 7.65. The van der Waals surface area contributed by atoms with Crippen LogP contribution in [0.5, 0.6) is 0 Å². The Balaban J connectivity index is 2.16. The van der Waals surface area contributed by atoms with Gasteiger partial charge in [0.25, 0.3) is 0 Å². The Labute approximate surface area is 142 Å². The van der Waals surface area contributed by atoms with Crippen molar-refractivity contribution in [1.29, 1.82) is 0 Å². The molecule has 2 N–H and O–H groups in total. The van der Waals surface area contributed by atoms with Gasteiger partial charge in [-0.15, -0.1) is 0 Å². The number of likely N-dealkylation sites (N-methyl/N-ethyl adjacent to an activating group) is 1. The second-order valence-electron chi connectivity index (χ2n) is 6.61. The van der Waals surface area contributed by atoms with E-state index in [-0.39, 0.29) is 24.2 Å². The van der Waals surface area contributed by atoms with Gasteiger partial charge in [0, 0.05) is 26.2 Å². The number of carbonyl (C=O) groups is 1. The monoisotopic (exact) mass is 332 g/mol. The minimum absolute atomic E-state index is 0.0553. The molecule has 0 aliphatic rings. The number of rotatable bonds is 7. The van der Waals surface area contributed by atoms with E-state index in [4.69, 9.17) is 5.73 Å². The first kappa shape index (κ1) is 18.3. The van der Waals surface area contributed by atoms with Crippen LogP contribution in [0.3, 0.4) is 0 Å². The number of hydrogen-bond donors (Lipinski definition) is 1. The molecule has 0 saturated heterocycles. The molecule has 0 fully saturated rings. The topological polar surface area (TPSA) is 73.3 Å². The predicted octanol–water partition coefficient (Wildman–Crippen LogP) is 1.65. The van der Waals surface area contributed by atoms with Gasteiger partial charge < -0.3 is 10.6 Å².